The van der Waals surface area contributed by atoms with Gasteiger partial charge in [-0.15, -0.1) is 0 Å². The van der Waals surface area contributed by atoms with E-state index in [2.05, 4.69) is 10.0 Å². The second-order valence-corrected chi connectivity index (χ2v) is 5.10. The fourth-order valence-corrected chi connectivity index (χ4v) is 1.89. The van der Waals surface area contributed by atoms with E-state index in [9.17, 15) is 45.3 Å². The molecule has 0 amide bonds. The molecule has 0 spiro atoms. The van der Waals surface area contributed by atoms with Crippen LogP contribution >= 0.6 is 0 Å². The molecule has 0 rings (SSSR count). The normalized spacial score (nSPS) is 10.7. The topological polar surface area (TPSA) is 248 Å². The van der Waals surface area contributed by atoms with Gasteiger partial charge in [-0.3, -0.25) is 45.3 Å². The number of esters is 1. The summed E-state index contributed by atoms with van der Waals surface area (Å²) in [5.74, 6) is -3.84. The van der Waals surface area contributed by atoms with E-state index in [1.165, 1.54) is 0 Å². The number of hydrogen-bond donors (Lipinski definition) is 0. The molecule has 0 aliphatic carbocycles. The standard InChI is InChI=1S/C10H15N7O10/c11-13-12-10(16(23)24,17(25)26)6-2-1-5-9(18)27-7-3-4-8(14(19)20)15(21)22/h8H,1-7H2. The Morgan fingerprint density at radius 2 is 1.59 bits per heavy atom. The summed E-state index contributed by atoms with van der Waals surface area (Å²) in [6.07, 6.45) is -3.81. The fourth-order valence-electron chi connectivity index (χ4n) is 1.89. The molecule has 0 aromatic rings. The largest absolute Gasteiger partial charge is 0.545 e. The SMILES string of the molecule is [N-]=[N+]=NC(CCCCC(=O)OCCCC([N+](=O)[O-])[N+](=O)[O-])([N+](=O)[O-])[N+](=O)[O-]. The van der Waals surface area contributed by atoms with Gasteiger partial charge in [0.2, 0.25) is 0 Å². The average molecular weight is 393 g/mol. The smallest absolute Gasteiger partial charge is 0.466 e. The Balaban J connectivity index is 4.28. The monoisotopic (exact) mass is 393 g/mol. The predicted octanol–water partition coefficient (Wildman–Crippen LogP) is 1.27. The molecule has 0 heterocycles. The van der Waals surface area contributed by atoms with Gasteiger partial charge < -0.3 is 4.74 Å². The highest BCUT2D eigenvalue weighted by Gasteiger charge is 2.55. The van der Waals surface area contributed by atoms with Gasteiger partial charge >= 0.3 is 17.9 Å². The Morgan fingerprint density at radius 3 is 2.04 bits per heavy atom. The molecule has 17 nitrogen and oxygen atoms in total. The molecule has 0 N–H and O–H groups in total. The summed E-state index contributed by atoms with van der Waals surface area (Å²) in [4.78, 5) is 51.2. The van der Waals surface area contributed by atoms with Gasteiger partial charge in [-0.2, -0.15) is 0 Å². The molecule has 0 saturated carbocycles. The van der Waals surface area contributed by atoms with Crippen molar-refractivity contribution in [2.24, 2.45) is 5.11 Å². The number of ether oxygens (including phenoxy) is 1. The lowest BCUT2D eigenvalue weighted by molar-refractivity contribution is -0.796. The highest BCUT2D eigenvalue weighted by Crippen LogP contribution is 2.22. The van der Waals surface area contributed by atoms with Crippen molar-refractivity contribution in [2.45, 2.75) is 50.5 Å². The van der Waals surface area contributed by atoms with Crippen LogP contribution in [0.3, 0.4) is 0 Å². The first-order valence-electron chi connectivity index (χ1n) is 7.36. The molecular formula is C10H15N7O10. The molecule has 0 unspecified atom stereocenters. The quantitative estimate of drug-likeness (QED) is 0.0596. The van der Waals surface area contributed by atoms with Gasteiger partial charge in [-0.05, 0) is 24.8 Å². The first-order valence-corrected chi connectivity index (χ1v) is 7.36. The predicted molar refractivity (Wildman–Crippen MR) is 82.3 cm³/mol. The highest BCUT2D eigenvalue weighted by molar-refractivity contribution is 5.69. The molecule has 0 bridgehead atoms. The van der Waals surface area contributed by atoms with Gasteiger partial charge in [-0.1, -0.05) is 0 Å². The second-order valence-electron chi connectivity index (χ2n) is 5.10. The van der Waals surface area contributed by atoms with Gasteiger partial charge in [0.25, 0.3) is 0 Å². The molecule has 0 aliphatic heterocycles. The maximum Gasteiger partial charge on any atom is 0.545 e. The molecule has 0 aliphatic rings. The number of unbranched alkanes of at least 4 members (excludes halogenated alkanes) is 1. The summed E-state index contributed by atoms with van der Waals surface area (Å²) in [7, 11) is 0. The van der Waals surface area contributed by atoms with Crippen molar-refractivity contribution in [1.82, 2.24) is 0 Å². The number of nitrogens with zero attached hydrogens (tertiary/aromatic N) is 7. The minimum absolute atomic E-state index is 0.0460. The number of hydrogen-bond acceptors (Lipinski definition) is 11. The van der Waals surface area contributed by atoms with E-state index in [0.29, 0.717) is 0 Å². The first-order chi connectivity index (χ1) is 12.6. The van der Waals surface area contributed by atoms with Crippen LogP contribution in [-0.4, -0.2) is 44.2 Å². The zero-order chi connectivity index (χ0) is 21.0. The van der Waals surface area contributed by atoms with E-state index >= 15 is 0 Å². The highest BCUT2D eigenvalue weighted by atomic mass is 16.7. The lowest BCUT2D eigenvalue weighted by Crippen LogP contribution is -2.43. The van der Waals surface area contributed by atoms with Crippen molar-refractivity contribution >= 4 is 5.97 Å². The summed E-state index contributed by atoms with van der Waals surface area (Å²) in [6, 6.07) is 0. The Hall–Kier alpha value is -3.62. The number of azide groups is 1. The van der Waals surface area contributed by atoms with Crippen LogP contribution in [0.15, 0.2) is 5.11 Å². The molecule has 0 radical (unpaired) electrons. The third-order valence-electron chi connectivity index (χ3n) is 3.29. The van der Waals surface area contributed by atoms with E-state index < -0.39 is 50.5 Å². The lowest BCUT2D eigenvalue weighted by atomic mass is 10.1. The molecule has 0 aromatic heterocycles. The van der Waals surface area contributed by atoms with Crippen molar-refractivity contribution in [2.75, 3.05) is 6.61 Å². The van der Waals surface area contributed by atoms with Gasteiger partial charge in [0.05, 0.1) is 34.4 Å². The molecule has 17 heteroatoms. The van der Waals surface area contributed by atoms with Crippen LogP contribution in [-0.2, 0) is 9.53 Å². The number of rotatable bonds is 14. The third-order valence-corrected chi connectivity index (χ3v) is 3.29. The minimum atomic E-state index is -3.06. The molecule has 0 aromatic carbocycles. The van der Waals surface area contributed by atoms with E-state index in [1.54, 1.807) is 0 Å². The zero-order valence-corrected chi connectivity index (χ0v) is 13.7. The van der Waals surface area contributed by atoms with Crippen molar-refractivity contribution in [3.05, 3.63) is 50.9 Å². The average Bonchev–Trinajstić information content (AvgIpc) is 2.56. The van der Waals surface area contributed by atoms with E-state index in [-0.39, 0.29) is 32.3 Å². The maximum atomic E-state index is 11.4. The van der Waals surface area contributed by atoms with Crippen molar-refractivity contribution in [1.29, 1.82) is 0 Å². The summed E-state index contributed by atoms with van der Waals surface area (Å²) >= 11 is 0. The van der Waals surface area contributed by atoms with Crippen LogP contribution < -0.4 is 0 Å². The summed E-state index contributed by atoms with van der Waals surface area (Å²) in [5, 5.41) is 45.1. The molecular weight excluding hydrogens is 378 g/mol. The van der Waals surface area contributed by atoms with Crippen LogP contribution in [0.25, 0.3) is 10.4 Å². The van der Waals surface area contributed by atoms with Crippen molar-refractivity contribution < 1.29 is 29.2 Å². The Bertz CT molecular complexity index is 613. The lowest BCUT2D eigenvalue weighted by Gasteiger charge is -2.11. The van der Waals surface area contributed by atoms with Crippen molar-refractivity contribution in [3.63, 3.8) is 0 Å². The summed E-state index contributed by atoms with van der Waals surface area (Å²) in [6.45, 7) is -0.302. The third kappa shape index (κ3) is 7.43. The Morgan fingerprint density at radius 1 is 1.04 bits per heavy atom. The van der Waals surface area contributed by atoms with E-state index in [4.69, 9.17) is 10.3 Å². The Kier molecular flexibility index (Phi) is 9.60. The number of carbonyl (C=O) groups is 1. The van der Waals surface area contributed by atoms with Crippen LogP contribution in [0.2, 0.25) is 0 Å². The molecule has 150 valence electrons. The van der Waals surface area contributed by atoms with Gasteiger partial charge in [0, 0.05) is 11.3 Å². The van der Waals surface area contributed by atoms with Gasteiger partial charge in [0.15, 0.2) is 0 Å². The van der Waals surface area contributed by atoms with Gasteiger partial charge in [-0.25, -0.2) is 0 Å². The Labute approximate surface area is 149 Å². The van der Waals surface area contributed by atoms with Crippen LogP contribution in [0.4, 0.5) is 0 Å². The second kappa shape index (κ2) is 11.1. The molecule has 0 fully saturated rings. The molecule has 27 heavy (non-hydrogen) atoms. The minimum Gasteiger partial charge on any atom is -0.466 e. The number of nitro groups is 4. The maximum absolute atomic E-state index is 11.4. The van der Waals surface area contributed by atoms with Crippen LogP contribution in [0, 0.1) is 40.5 Å². The zero-order valence-electron chi connectivity index (χ0n) is 13.7. The summed E-state index contributed by atoms with van der Waals surface area (Å²) < 4.78 is 4.69. The first kappa shape index (κ1) is 23.4. The molecule has 0 saturated heterocycles. The molecule has 0 atom stereocenters. The van der Waals surface area contributed by atoms with Crippen molar-refractivity contribution in [3.8, 4) is 0 Å². The van der Waals surface area contributed by atoms with Gasteiger partial charge in [0.1, 0.15) is 9.85 Å². The fraction of sp³-hybridized carbons (Fsp3) is 0.900. The van der Waals surface area contributed by atoms with E-state index in [0.717, 1.165) is 0 Å². The van der Waals surface area contributed by atoms with Crippen LogP contribution in [0.1, 0.15) is 38.5 Å². The number of carbonyl (C=O) groups excluding carboxylic acids is 1. The van der Waals surface area contributed by atoms with Crippen LogP contribution in [0.5, 0.6) is 0 Å². The van der Waals surface area contributed by atoms with E-state index in [1.807, 2.05) is 0 Å². The summed E-state index contributed by atoms with van der Waals surface area (Å²) in [5.41, 5.74) is 8.26.